The van der Waals surface area contributed by atoms with E-state index < -0.39 is 0 Å². The number of nitrogens with one attached hydrogen (secondary N) is 1. The molecule has 1 unspecified atom stereocenters. The molecule has 1 aliphatic carbocycles. The summed E-state index contributed by atoms with van der Waals surface area (Å²) in [6.07, 6.45) is 8.80. The van der Waals surface area contributed by atoms with Crippen molar-refractivity contribution in [3.63, 3.8) is 0 Å². The van der Waals surface area contributed by atoms with E-state index in [-0.39, 0.29) is 6.04 Å². The highest BCUT2D eigenvalue weighted by Gasteiger charge is 2.31. The van der Waals surface area contributed by atoms with Gasteiger partial charge in [0.2, 0.25) is 0 Å². The van der Waals surface area contributed by atoms with E-state index in [1.54, 1.807) is 0 Å². The highest BCUT2D eigenvalue weighted by atomic mass is 79.9. The van der Waals surface area contributed by atoms with Gasteiger partial charge in [0.1, 0.15) is 17.5 Å². The molecule has 0 spiro atoms. The Bertz CT molecular complexity index is 1080. The van der Waals surface area contributed by atoms with Crippen molar-refractivity contribution in [1.82, 2.24) is 0 Å². The van der Waals surface area contributed by atoms with Gasteiger partial charge in [-0.15, -0.1) is 0 Å². The van der Waals surface area contributed by atoms with Crippen molar-refractivity contribution in [2.75, 3.05) is 5.32 Å². The van der Waals surface area contributed by atoms with E-state index in [0.717, 1.165) is 51.1 Å². The van der Waals surface area contributed by atoms with Crippen LogP contribution in [-0.2, 0) is 0 Å². The second-order valence-electron chi connectivity index (χ2n) is 6.51. The Morgan fingerprint density at radius 1 is 1.04 bits per heavy atom. The van der Waals surface area contributed by atoms with Gasteiger partial charge < -0.3 is 9.73 Å². The summed E-state index contributed by atoms with van der Waals surface area (Å²) >= 11 is 3.68. The van der Waals surface area contributed by atoms with Gasteiger partial charge in [-0.05, 0) is 46.5 Å². The van der Waals surface area contributed by atoms with Crippen LogP contribution >= 0.6 is 15.9 Å². The lowest BCUT2D eigenvalue weighted by molar-refractivity contribution is 0.524. The van der Waals surface area contributed by atoms with Crippen LogP contribution in [-0.4, -0.2) is 5.84 Å². The number of aliphatic imine (C=N–C) groups is 1. The van der Waals surface area contributed by atoms with E-state index in [2.05, 4.69) is 51.6 Å². The minimum atomic E-state index is -0.127. The van der Waals surface area contributed by atoms with Gasteiger partial charge in [-0.3, -0.25) is 4.99 Å². The topological polar surface area (TPSA) is 37.5 Å². The van der Waals surface area contributed by atoms with E-state index in [0.29, 0.717) is 0 Å². The van der Waals surface area contributed by atoms with Crippen LogP contribution in [0.1, 0.15) is 30.2 Å². The highest BCUT2D eigenvalue weighted by Crippen LogP contribution is 2.45. The molecule has 2 heterocycles. The third-order valence-corrected chi connectivity index (χ3v) is 5.49. The molecular formula is C22H17BrN2O. The van der Waals surface area contributed by atoms with Crippen molar-refractivity contribution in [1.29, 1.82) is 0 Å². The first-order valence-electron chi connectivity index (χ1n) is 8.79. The largest absolute Gasteiger partial charge is 0.456 e. The predicted molar refractivity (Wildman–Crippen MR) is 110 cm³/mol. The Hall–Kier alpha value is -2.59. The summed E-state index contributed by atoms with van der Waals surface area (Å²) in [5, 5.41) is 4.59. The number of fused-ring (bicyclic) bond motifs is 3. The zero-order valence-electron chi connectivity index (χ0n) is 14.1. The quantitative estimate of drug-likeness (QED) is 0.537. The number of rotatable bonds is 2. The van der Waals surface area contributed by atoms with Gasteiger partial charge in [0.25, 0.3) is 0 Å². The van der Waals surface area contributed by atoms with E-state index in [9.17, 15) is 0 Å². The molecule has 1 aliphatic heterocycles. The Labute approximate surface area is 160 Å². The van der Waals surface area contributed by atoms with Crippen LogP contribution < -0.4 is 5.32 Å². The molecule has 5 rings (SSSR count). The number of anilines is 1. The lowest BCUT2D eigenvalue weighted by atomic mass is 9.96. The number of halogens is 1. The van der Waals surface area contributed by atoms with Crippen molar-refractivity contribution in [2.45, 2.75) is 18.9 Å². The molecule has 0 radical (unpaired) electrons. The summed E-state index contributed by atoms with van der Waals surface area (Å²) in [5.74, 6) is 1.76. The molecular weight excluding hydrogens is 388 g/mol. The van der Waals surface area contributed by atoms with Crippen molar-refractivity contribution < 1.29 is 4.42 Å². The number of amidine groups is 1. The molecule has 0 saturated heterocycles. The summed E-state index contributed by atoms with van der Waals surface area (Å²) in [7, 11) is 0. The van der Waals surface area contributed by atoms with Crippen LogP contribution in [0.4, 0.5) is 5.69 Å². The van der Waals surface area contributed by atoms with Gasteiger partial charge in [-0.25, -0.2) is 0 Å². The van der Waals surface area contributed by atoms with Crippen molar-refractivity contribution in [3.05, 3.63) is 88.1 Å². The first-order valence-corrected chi connectivity index (χ1v) is 9.58. The molecule has 3 aromatic rings. The molecule has 1 atom stereocenters. The maximum atomic E-state index is 6.25. The van der Waals surface area contributed by atoms with Crippen molar-refractivity contribution in [2.24, 2.45) is 4.99 Å². The van der Waals surface area contributed by atoms with E-state index in [4.69, 9.17) is 9.41 Å². The Morgan fingerprint density at radius 2 is 1.92 bits per heavy atom. The van der Waals surface area contributed by atoms with Crippen LogP contribution in [0, 0.1) is 0 Å². The molecule has 0 fully saturated rings. The van der Waals surface area contributed by atoms with Gasteiger partial charge in [-0.2, -0.15) is 0 Å². The van der Waals surface area contributed by atoms with Gasteiger partial charge in [0.15, 0.2) is 5.76 Å². The average Bonchev–Trinajstić information content (AvgIpc) is 3.08. The molecule has 1 N–H and O–H groups in total. The molecule has 128 valence electrons. The Morgan fingerprint density at radius 3 is 2.73 bits per heavy atom. The number of hydrogen-bond acceptors (Lipinski definition) is 3. The number of allylic oxidation sites excluding steroid dienone is 2. The SMILES string of the molecule is Brc1cccc2oc3c(c12)NC(c1ccccc1)=NC3C1=CCCC=C1. The van der Waals surface area contributed by atoms with Crippen molar-refractivity contribution in [3.8, 4) is 0 Å². The molecule has 26 heavy (non-hydrogen) atoms. The summed E-state index contributed by atoms with van der Waals surface area (Å²) in [6, 6.07) is 16.2. The molecule has 0 amide bonds. The van der Waals surface area contributed by atoms with Gasteiger partial charge in [0, 0.05) is 10.0 Å². The molecule has 1 aromatic heterocycles. The molecule has 0 bridgehead atoms. The smallest absolute Gasteiger partial charge is 0.157 e. The fourth-order valence-corrected chi connectivity index (χ4v) is 4.13. The van der Waals surface area contributed by atoms with Crippen LogP contribution in [0.2, 0.25) is 0 Å². The van der Waals surface area contributed by atoms with Gasteiger partial charge >= 0.3 is 0 Å². The molecule has 2 aliphatic rings. The summed E-state index contributed by atoms with van der Waals surface area (Å²) in [4.78, 5) is 5.02. The van der Waals surface area contributed by atoms with Crippen LogP contribution in [0.3, 0.4) is 0 Å². The first kappa shape index (κ1) is 15.6. The maximum absolute atomic E-state index is 6.25. The summed E-state index contributed by atoms with van der Waals surface area (Å²) in [5.41, 5.74) is 4.14. The zero-order valence-corrected chi connectivity index (χ0v) is 15.7. The van der Waals surface area contributed by atoms with Crippen LogP contribution in [0.25, 0.3) is 11.0 Å². The monoisotopic (exact) mass is 404 g/mol. The van der Waals surface area contributed by atoms with E-state index >= 15 is 0 Å². The van der Waals surface area contributed by atoms with Gasteiger partial charge in [0.05, 0.1) is 11.1 Å². The minimum Gasteiger partial charge on any atom is -0.456 e. The fraction of sp³-hybridized carbons (Fsp3) is 0.136. The molecule has 2 aromatic carbocycles. The second kappa shape index (κ2) is 6.29. The molecule has 0 saturated carbocycles. The summed E-state index contributed by atoms with van der Waals surface area (Å²) < 4.78 is 7.27. The Kier molecular flexibility index (Phi) is 3.79. The number of nitrogens with zero attached hydrogens (tertiary/aromatic N) is 1. The maximum Gasteiger partial charge on any atom is 0.157 e. The third kappa shape index (κ3) is 2.53. The number of benzene rings is 2. The molecule has 4 heteroatoms. The summed E-state index contributed by atoms with van der Waals surface area (Å²) in [6.45, 7) is 0. The standard InChI is InChI=1S/C22H17BrN2O/c23-16-12-7-13-17-18(16)20-21(26-17)19(14-8-3-1-4-9-14)24-22(25-20)15-10-5-2-6-11-15/h2-3,5-13,19H,1,4H2,(H,24,25). The average molecular weight is 405 g/mol. The predicted octanol–water partition coefficient (Wildman–Crippen LogP) is 6.39. The lowest BCUT2D eigenvalue weighted by Crippen LogP contribution is -2.21. The second-order valence-corrected chi connectivity index (χ2v) is 7.36. The highest BCUT2D eigenvalue weighted by molar-refractivity contribution is 9.10. The first-order chi connectivity index (χ1) is 12.8. The normalized spacial score (nSPS) is 18.9. The van der Waals surface area contributed by atoms with Gasteiger partial charge in [-0.1, -0.05) is 54.6 Å². The third-order valence-electron chi connectivity index (χ3n) is 4.83. The van der Waals surface area contributed by atoms with Crippen LogP contribution in [0.15, 0.2) is 86.2 Å². The van der Waals surface area contributed by atoms with Crippen LogP contribution in [0.5, 0.6) is 0 Å². The van der Waals surface area contributed by atoms with E-state index in [1.165, 1.54) is 5.57 Å². The van der Waals surface area contributed by atoms with E-state index in [1.807, 2.05) is 36.4 Å². The number of furan rings is 1. The fourth-order valence-electron chi connectivity index (χ4n) is 3.58. The van der Waals surface area contributed by atoms with Crippen molar-refractivity contribution >= 4 is 38.4 Å². The number of hydrogen-bond donors (Lipinski definition) is 1. The lowest BCUT2D eigenvalue weighted by Gasteiger charge is -2.23. The molecule has 3 nitrogen and oxygen atoms in total. The minimum absolute atomic E-state index is 0.127. The Balaban J connectivity index is 1.73. The zero-order chi connectivity index (χ0) is 17.5.